The van der Waals surface area contributed by atoms with Crippen molar-refractivity contribution in [3.05, 3.63) is 48.0 Å². The lowest BCUT2D eigenvalue weighted by atomic mass is 9.95. The minimum absolute atomic E-state index is 0.593. The SMILES string of the molecule is CCc1nncn1CCNC(=NCCCc1ccccc1)NC1CC2CCC1C2. The number of fused-ring (bicyclic) bond motifs is 2. The summed E-state index contributed by atoms with van der Waals surface area (Å²) in [6.07, 6.45) is 10.4. The fourth-order valence-electron chi connectivity index (χ4n) is 4.90. The maximum atomic E-state index is 4.90. The van der Waals surface area contributed by atoms with Crippen molar-refractivity contribution in [2.75, 3.05) is 13.1 Å². The molecule has 1 heterocycles. The van der Waals surface area contributed by atoms with E-state index in [1.54, 1.807) is 0 Å². The molecule has 0 spiro atoms. The van der Waals surface area contributed by atoms with Crippen LogP contribution in [0.5, 0.6) is 0 Å². The predicted octanol–water partition coefficient (Wildman–Crippen LogP) is 3.20. The van der Waals surface area contributed by atoms with E-state index in [2.05, 4.69) is 62.7 Å². The molecule has 1 aromatic carbocycles. The molecule has 2 aromatic rings. The standard InChI is InChI=1S/C23H34N6/c1-2-22-28-26-17-29(22)14-13-25-23(27-21-16-19-10-11-20(21)15-19)24-12-6-9-18-7-4-3-5-8-18/h3-5,7-8,17,19-21H,2,6,9-16H2,1H3,(H2,24,25,27). The van der Waals surface area contributed by atoms with Crippen LogP contribution in [0.4, 0.5) is 0 Å². The molecule has 156 valence electrons. The molecule has 29 heavy (non-hydrogen) atoms. The third kappa shape index (κ3) is 5.37. The Morgan fingerprint density at radius 2 is 2.10 bits per heavy atom. The number of hydrogen-bond donors (Lipinski definition) is 2. The highest BCUT2D eigenvalue weighted by molar-refractivity contribution is 5.80. The number of guanidine groups is 1. The van der Waals surface area contributed by atoms with Gasteiger partial charge in [-0.1, -0.05) is 43.7 Å². The molecular formula is C23H34N6. The third-order valence-corrected chi connectivity index (χ3v) is 6.45. The molecule has 2 fully saturated rings. The summed E-state index contributed by atoms with van der Waals surface area (Å²) in [4.78, 5) is 4.90. The van der Waals surface area contributed by atoms with Crippen LogP contribution >= 0.6 is 0 Å². The van der Waals surface area contributed by atoms with Gasteiger partial charge in [-0.15, -0.1) is 10.2 Å². The van der Waals surface area contributed by atoms with Crippen molar-refractivity contribution in [1.29, 1.82) is 0 Å². The van der Waals surface area contributed by atoms with Gasteiger partial charge >= 0.3 is 0 Å². The van der Waals surface area contributed by atoms with Crippen LogP contribution in [0.3, 0.4) is 0 Å². The fraction of sp³-hybridized carbons (Fsp3) is 0.609. The van der Waals surface area contributed by atoms with E-state index in [9.17, 15) is 0 Å². The third-order valence-electron chi connectivity index (χ3n) is 6.45. The Labute approximate surface area is 174 Å². The lowest BCUT2D eigenvalue weighted by Gasteiger charge is -2.25. The largest absolute Gasteiger partial charge is 0.355 e. The number of aliphatic imine (C=N–C) groups is 1. The Kier molecular flexibility index (Phi) is 6.80. The van der Waals surface area contributed by atoms with Crippen LogP contribution in [-0.4, -0.2) is 39.9 Å². The summed E-state index contributed by atoms with van der Waals surface area (Å²) in [5.41, 5.74) is 1.39. The van der Waals surface area contributed by atoms with Gasteiger partial charge in [0, 0.05) is 32.1 Å². The summed E-state index contributed by atoms with van der Waals surface area (Å²) in [5, 5.41) is 15.5. The van der Waals surface area contributed by atoms with Crippen molar-refractivity contribution in [3.8, 4) is 0 Å². The minimum Gasteiger partial charge on any atom is -0.355 e. The Bertz CT molecular complexity index is 784. The normalized spacial score (nSPS) is 23.5. The predicted molar refractivity (Wildman–Crippen MR) is 117 cm³/mol. The first-order valence-corrected chi connectivity index (χ1v) is 11.3. The molecule has 0 saturated heterocycles. The number of hydrogen-bond acceptors (Lipinski definition) is 3. The lowest BCUT2D eigenvalue weighted by molar-refractivity contribution is 0.387. The number of aryl methyl sites for hydroxylation is 2. The summed E-state index contributed by atoms with van der Waals surface area (Å²) < 4.78 is 2.12. The number of benzene rings is 1. The van der Waals surface area contributed by atoms with Crippen molar-refractivity contribution in [2.24, 2.45) is 16.8 Å². The van der Waals surface area contributed by atoms with Crippen LogP contribution in [0, 0.1) is 11.8 Å². The van der Waals surface area contributed by atoms with Gasteiger partial charge in [-0.2, -0.15) is 0 Å². The Balaban J connectivity index is 1.30. The monoisotopic (exact) mass is 394 g/mol. The van der Waals surface area contributed by atoms with E-state index in [0.717, 1.165) is 62.5 Å². The van der Waals surface area contributed by atoms with Gasteiger partial charge in [-0.05, 0) is 49.5 Å². The zero-order valence-corrected chi connectivity index (χ0v) is 17.6. The average Bonchev–Trinajstić information content (AvgIpc) is 3.48. The molecule has 2 N–H and O–H groups in total. The maximum Gasteiger partial charge on any atom is 0.191 e. The van der Waals surface area contributed by atoms with Gasteiger partial charge < -0.3 is 15.2 Å². The topological polar surface area (TPSA) is 67.1 Å². The van der Waals surface area contributed by atoms with Crippen LogP contribution in [0.1, 0.15) is 50.4 Å². The molecule has 2 bridgehead atoms. The lowest BCUT2D eigenvalue weighted by Crippen LogP contribution is -2.46. The van der Waals surface area contributed by atoms with E-state index < -0.39 is 0 Å². The zero-order chi connectivity index (χ0) is 19.9. The van der Waals surface area contributed by atoms with Crippen LogP contribution in [0.25, 0.3) is 0 Å². The van der Waals surface area contributed by atoms with Crippen molar-refractivity contribution in [2.45, 2.75) is 64.5 Å². The van der Waals surface area contributed by atoms with Gasteiger partial charge in [0.05, 0.1) is 0 Å². The molecule has 3 atom stereocenters. The van der Waals surface area contributed by atoms with Gasteiger partial charge in [0.25, 0.3) is 0 Å². The molecular weight excluding hydrogens is 360 g/mol. The minimum atomic E-state index is 0.593. The van der Waals surface area contributed by atoms with Crippen LogP contribution in [-0.2, 0) is 19.4 Å². The maximum absolute atomic E-state index is 4.90. The van der Waals surface area contributed by atoms with E-state index in [0.29, 0.717) is 6.04 Å². The Hall–Kier alpha value is -2.37. The van der Waals surface area contributed by atoms with Crippen LogP contribution in [0.15, 0.2) is 41.7 Å². The second kappa shape index (κ2) is 9.90. The number of nitrogens with one attached hydrogen (secondary N) is 2. The quantitative estimate of drug-likeness (QED) is 0.389. The van der Waals surface area contributed by atoms with Gasteiger partial charge in [0.2, 0.25) is 0 Å². The zero-order valence-electron chi connectivity index (χ0n) is 17.6. The number of rotatable bonds is 9. The van der Waals surface area contributed by atoms with Crippen molar-refractivity contribution >= 4 is 5.96 Å². The molecule has 6 heteroatoms. The van der Waals surface area contributed by atoms with E-state index in [4.69, 9.17) is 4.99 Å². The summed E-state index contributed by atoms with van der Waals surface area (Å²) in [6.45, 7) is 4.65. The molecule has 1 aromatic heterocycles. The van der Waals surface area contributed by atoms with Crippen LogP contribution < -0.4 is 10.6 Å². The molecule has 0 amide bonds. The Morgan fingerprint density at radius 1 is 1.21 bits per heavy atom. The van der Waals surface area contributed by atoms with E-state index in [1.165, 1.54) is 31.2 Å². The number of aromatic nitrogens is 3. The van der Waals surface area contributed by atoms with E-state index in [-0.39, 0.29) is 0 Å². The first kappa shape index (κ1) is 19.9. The highest BCUT2D eigenvalue weighted by Crippen LogP contribution is 2.44. The number of nitrogens with zero attached hydrogens (tertiary/aromatic N) is 4. The van der Waals surface area contributed by atoms with Gasteiger partial charge in [0.15, 0.2) is 5.96 Å². The van der Waals surface area contributed by atoms with Gasteiger partial charge in [-0.25, -0.2) is 0 Å². The van der Waals surface area contributed by atoms with E-state index in [1.807, 2.05) is 6.33 Å². The molecule has 6 nitrogen and oxygen atoms in total. The first-order chi connectivity index (χ1) is 14.3. The molecule has 0 aliphatic heterocycles. The molecule has 2 aliphatic carbocycles. The summed E-state index contributed by atoms with van der Waals surface area (Å²) >= 11 is 0. The molecule has 4 rings (SSSR count). The average molecular weight is 395 g/mol. The van der Waals surface area contributed by atoms with Gasteiger partial charge in [-0.3, -0.25) is 4.99 Å². The van der Waals surface area contributed by atoms with Crippen LogP contribution in [0.2, 0.25) is 0 Å². The second-order valence-corrected chi connectivity index (χ2v) is 8.47. The summed E-state index contributed by atoms with van der Waals surface area (Å²) in [5.74, 6) is 3.78. The molecule has 2 saturated carbocycles. The molecule has 0 radical (unpaired) electrons. The molecule has 3 unspecified atom stereocenters. The van der Waals surface area contributed by atoms with Crippen molar-refractivity contribution in [3.63, 3.8) is 0 Å². The highest BCUT2D eigenvalue weighted by Gasteiger charge is 2.39. The molecule has 2 aliphatic rings. The van der Waals surface area contributed by atoms with Crippen molar-refractivity contribution < 1.29 is 0 Å². The Morgan fingerprint density at radius 3 is 2.86 bits per heavy atom. The smallest absolute Gasteiger partial charge is 0.191 e. The van der Waals surface area contributed by atoms with E-state index >= 15 is 0 Å². The second-order valence-electron chi connectivity index (χ2n) is 8.47. The fourth-order valence-corrected chi connectivity index (χ4v) is 4.90. The summed E-state index contributed by atoms with van der Waals surface area (Å²) in [6, 6.07) is 11.3. The summed E-state index contributed by atoms with van der Waals surface area (Å²) in [7, 11) is 0. The van der Waals surface area contributed by atoms with Crippen molar-refractivity contribution in [1.82, 2.24) is 25.4 Å². The highest BCUT2D eigenvalue weighted by atomic mass is 15.3. The van der Waals surface area contributed by atoms with Gasteiger partial charge in [0.1, 0.15) is 12.2 Å². The first-order valence-electron chi connectivity index (χ1n) is 11.3.